The Labute approximate surface area is 199 Å². The lowest BCUT2D eigenvalue weighted by Crippen LogP contribution is -2.42. The summed E-state index contributed by atoms with van der Waals surface area (Å²) in [5.41, 5.74) is 2.46. The summed E-state index contributed by atoms with van der Waals surface area (Å²) in [4.78, 5) is 13.4. The maximum Gasteiger partial charge on any atom is 0.170 e. The van der Waals surface area contributed by atoms with Crippen molar-refractivity contribution in [3.63, 3.8) is 0 Å². The number of aromatic nitrogens is 1. The maximum absolute atomic E-state index is 13.5. The van der Waals surface area contributed by atoms with Crippen LogP contribution in [0.5, 0.6) is 11.5 Å². The van der Waals surface area contributed by atoms with Crippen LogP contribution in [0.25, 0.3) is 11.0 Å². The van der Waals surface area contributed by atoms with E-state index in [-0.39, 0.29) is 5.82 Å². The third-order valence-electron chi connectivity index (χ3n) is 7.35. The summed E-state index contributed by atoms with van der Waals surface area (Å²) in [7, 11) is 1.62. The Balaban J connectivity index is 1.11. The summed E-state index contributed by atoms with van der Waals surface area (Å²) >= 11 is 0. The number of hydrogen-bond acceptors (Lipinski definition) is 6. The summed E-state index contributed by atoms with van der Waals surface area (Å²) in [5, 5.41) is 5.27. The fourth-order valence-corrected chi connectivity index (χ4v) is 5.72. The van der Waals surface area contributed by atoms with Crippen molar-refractivity contribution < 1.29 is 23.2 Å². The summed E-state index contributed by atoms with van der Waals surface area (Å²) in [6.45, 7) is 1.71. The minimum Gasteiger partial charge on any atom is -0.493 e. The monoisotopic (exact) mass is 466 g/mol. The Morgan fingerprint density at radius 3 is 2.71 bits per heavy atom. The number of halogens is 1. The van der Waals surface area contributed by atoms with Gasteiger partial charge in [-0.3, -0.25) is 4.90 Å². The normalized spacial score (nSPS) is 22.2. The first-order chi connectivity index (χ1) is 16.7. The molecule has 0 N–H and O–H groups in total. The van der Waals surface area contributed by atoms with Gasteiger partial charge in [-0.25, -0.2) is 4.39 Å². The molecule has 2 aromatic carbocycles. The number of methoxy groups -OCH3 is 1. The van der Waals surface area contributed by atoms with Gasteiger partial charge in [-0.15, -0.1) is 0 Å². The van der Waals surface area contributed by atoms with Crippen LogP contribution in [0.3, 0.4) is 0 Å². The standard InChI is InChI=1S/C27H31FN2O4/c1-32-26-14-18(10-12-31)4-9-24(26)33-13-3-2-11-30-21-6-7-22(30)16-19(15-21)27-23-8-5-20(28)17-25(23)34-29-27/h4-5,8-9,12,14,17,19,21-22H,2-3,6-7,10-11,13,15-16H2,1H3. The molecule has 2 unspecified atom stereocenters. The first kappa shape index (κ1) is 22.8. The van der Waals surface area contributed by atoms with E-state index >= 15 is 0 Å². The topological polar surface area (TPSA) is 64.8 Å². The molecule has 0 radical (unpaired) electrons. The molecule has 3 aromatic rings. The van der Waals surface area contributed by atoms with Gasteiger partial charge in [0.25, 0.3) is 0 Å². The van der Waals surface area contributed by atoms with E-state index in [1.807, 2.05) is 18.2 Å². The van der Waals surface area contributed by atoms with E-state index < -0.39 is 0 Å². The molecule has 3 heterocycles. The van der Waals surface area contributed by atoms with Gasteiger partial charge in [-0.05, 0) is 74.9 Å². The van der Waals surface area contributed by atoms with Crippen molar-refractivity contribution in [1.82, 2.24) is 10.1 Å². The van der Waals surface area contributed by atoms with Gasteiger partial charge in [-0.2, -0.15) is 0 Å². The van der Waals surface area contributed by atoms with Crippen molar-refractivity contribution in [3.05, 3.63) is 53.5 Å². The predicted molar refractivity (Wildman–Crippen MR) is 127 cm³/mol. The van der Waals surface area contributed by atoms with Crippen molar-refractivity contribution in [3.8, 4) is 11.5 Å². The van der Waals surface area contributed by atoms with Crippen LogP contribution in [0, 0.1) is 5.82 Å². The Kier molecular flexibility index (Phi) is 6.81. The van der Waals surface area contributed by atoms with E-state index in [1.54, 1.807) is 13.2 Å². The van der Waals surface area contributed by atoms with Crippen LogP contribution in [-0.2, 0) is 11.2 Å². The van der Waals surface area contributed by atoms with E-state index in [1.165, 1.54) is 25.0 Å². The molecule has 2 saturated heterocycles. The molecule has 1 aromatic heterocycles. The van der Waals surface area contributed by atoms with Gasteiger partial charge in [0.1, 0.15) is 12.1 Å². The highest BCUT2D eigenvalue weighted by atomic mass is 19.1. The average Bonchev–Trinajstić information content (AvgIpc) is 3.36. The third kappa shape index (κ3) is 4.67. The van der Waals surface area contributed by atoms with E-state index in [9.17, 15) is 9.18 Å². The number of hydrogen-bond donors (Lipinski definition) is 0. The van der Waals surface area contributed by atoms with Crippen molar-refractivity contribution in [2.45, 2.75) is 62.9 Å². The second-order valence-electron chi connectivity index (χ2n) is 9.41. The molecule has 34 heavy (non-hydrogen) atoms. The summed E-state index contributed by atoms with van der Waals surface area (Å²) in [5.74, 6) is 1.47. The van der Waals surface area contributed by atoms with Gasteiger partial charge in [0.15, 0.2) is 17.1 Å². The van der Waals surface area contributed by atoms with Crippen LogP contribution in [-0.4, -0.2) is 48.7 Å². The maximum atomic E-state index is 13.5. The Hall–Kier alpha value is -2.93. The number of nitrogens with zero attached hydrogens (tertiary/aromatic N) is 2. The Bertz CT molecular complexity index is 1130. The van der Waals surface area contributed by atoms with E-state index in [2.05, 4.69) is 10.1 Å². The highest BCUT2D eigenvalue weighted by Gasteiger charge is 2.41. The van der Waals surface area contributed by atoms with E-state index in [4.69, 9.17) is 14.0 Å². The SMILES string of the molecule is COc1cc(CC=O)ccc1OCCCCN1C2CCC1CC(c1noc3cc(F)ccc13)C2. The first-order valence-corrected chi connectivity index (χ1v) is 12.2. The zero-order chi connectivity index (χ0) is 23.5. The van der Waals surface area contributed by atoms with Crippen LogP contribution in [0.2, 0.25) is 0 Å². The lowest BCUT2D eigenvalue weighted by molar-refractivity contribution is -0.107. The highest BCUT2D eigenvalue weighted by molar-refractivity contribution is 5.80. The number of rotatable bonds is 10. The zero-order valence-electron chi connectivity index (χ0n) is 19.5. The number of carbonyl (C=O) groups is 1. The van der Waals surface area contributed by atoms with Crippen LogP contribution in [0.4, 0.5) is 4.39 Å². The molecule has 2 atom stereocenters. The number of piperidine rings is 1. The predicted octanol–water partition coefficient (Wildman–Crippen LogP) is 5.29. The molecule has 2 aliphatic heterocycles. The first-order valence-electron chi connectivity index (χ1n) is 12.2. The molecule has 7 heteroatoms. The smallest absolute Gasteiger partial charge is 0.170 e. The van der Waals surface area contributed by atoms with Gasteiger partial charge < -0.3 is 18.8 Å². The van der Waals surface area contributed by atoms with Crippen molar-refractivity contribution in [2.24, 2.45) is 0 Å². The molecule has 2 aliphatic rings. The van der Waals surface area contributed by atoms with Gasteiger partial charge in [0.2, 0.25) is 0 Å². The lowest BCUT2D eigenvalue weighted by atomic mass is 9.86. The van der Waals surface area contributed by atoms with Crippen molar-refractivity contribution in [2.75, 3.05) is 20.3 Å². The number of fused-ring (bicyclic) bond motifs is 3. The van der Waals surface area contributed by atoms with Gasteiger partial charge in [0, 0.05) is 35.9 Å². The highest BCUT2D eigenvalue weighted by Crippen LogP contribution is 2.44. The minimum atomic E-state index is -0.289. The van der Waals surface area contributed by atoms with E-state index in [0.29, 0.717) is 42.4 Å². The molecule has 0 amide bonds. The second-order valence-corrected chi connectivity index (χ2v) is 9.41. The fourth-order valence-electron chi connectivity index (χ4n) is 5.72. The molecule has 2 fully saturated rings. The molecule has 5 rings (SSSR count). The van der Waals surface area contributed by atoms with Crippen LogP contribution < -0.4 is 9.47 Å². The number of carbonyl (C=O) groups excluding carboxylic acids is 1. The van der Waals surface area contributed by atoms with Crippen LogP contribution in [0.1, 0.15) is 55.7 Å². The van der Waals surface area contributed by atoms with Crippen LogP contribution >= 0.6 is 0 Å². The number of unbranched alkanes of at least 4 members (excludes halogenated alkanes) is 1. The largest absolute Gasteiger partial charge is 0.493 e. The molecular weight excluding hydrogens is 435 g/mol. The number of ether oxygens (including phenoxy) is 2. The molecule has 0 aliphatic carbocycles. The van der Waals surface area contributed by atoms with Gasteiger partial charge in [-0.1, -0.05) is 11.2 Å². The lowest BCUT2D eigenvalue weighted by Gasteiger charge is -2.38. The molecule has 2 bridgehead atoms. The molecule has 180 valence electrons. The Morgan fingerprint density at radius 2 is 1.94 bits per heavy atom. The molecule has 0 saturated carbocycles. The van der Waals surface area contributed by atoms with Gasteiger partial charge >= 0.3 is 0 Å². The fraction of sp³-hybridized carbons (Fsp3) is 0.481. The number of aldehydes is 1. The minimum absolute atomic E-state index is 0.289. The van der Waals surface area contributed by atoms with Gasteiger partial charge in [0.05, 0.1) is 19.4 Å². The zero-order valence-corrected chi connectivity index (χ0v) is 19.5. The van der Waals surface area contributed by atoms with Crippen molar-refractivity contribution in [1.29, 1.82) is 0 Å². The van der Waals surface area contributed by atoms with Crippen LogP contribution in [0.15, 0.2) is 40.9 Å². The molecular formula is C27H31FN2O4. The summed E-state index contributed by atoms with van der Waals surface area (Å²) in [6.07, 6.45) is 7.93. The summed E-state index contributed by atoms with van der Waals surface area (Å²) in [6, 6.07) is 11.5. The number of benzene rings is 2. The second kappa shape index (κ2) is 10.1. The van der Waals surface area contributed by atoms with E-state index in [0.717, 1.165) is 60.9 Å². The third-order valence-corrected chi connectivity index (χ3v) is 7.35. The quantitative estimate of drug-likeness (QED) is 0.299. The van der Waals surface area contributed by atoms with Crippen molar-refractivity contribution >= 4 is 17.3 Å². The Morgan fingerprint density at radius 1 is 1.12 bits per heavy atom. The molecule has 6 nitrogen and oxygen atoms in total. The average molecular weight is 467 g/mol. The molecule has 0 spiro atoms. The summed E-state index contributed by atoms with van der Waals surface area (Å²) < 4.78 is 30.3.